The van der Waals surface area contributed by atoms with E-state index in [4.69, 9.17) is 0 Å². The molecule has 2 aromatic heterocycles. The van der Waals surface area contributed by atoms with E-state index in [0.29, 0.717) is 0 Å². The van der Waals surface area contributed by atoms with Gasteiger partial charge in [0.1, 0.15) is 0 Å². The van der Waals surface area contributed by atoms with Crippen LogP contribution in [0.5, 0.6) is 0 Å². The van der Waals surface area contributed by atoms with Crippen molar-refractivity contribution in [3.8, 4) is 0 Å². The molecule has 12 heavy (non-hydrogen) atoms. The largest absolute Gasteiger partial charge is 1.00 e. The SMILES string of the molecule is Brc1[c-]c2sc(Br)c(Br)c2s1.[Li+]. The first-order chi connectivity index (χ1) is 5.18. The quantitative estimate of drug-likeness (QED) is 0.483. The van der Waals surface area contributed by atoms with Crippen LogP contribution in [0.25, 0.3) is 9.40 Å². The zero-order chi connectivity index (χ0) is 8.01. The van der Waals surface area contributed by atoms with Gasteiger partial charge in [-0.1, -0.05) is 36.6 Å². The van der Waals surface area contributed by atoms with Crippen LogP contribution in [-0.4, -0.2) is 0 Å². The zero-order valence-electron chi connectivity index (χ0n) is 5.95. The van der Waals surface area contributed by atoms with Gasteiger partial charge in [-0.25, -0.2) is 17.4 Å². The van der Waals surface area contributed by atoms with Crippen LogP contribution in [0.2, 0.25) is 0 Å². The Morgan fingerprint density at radius 3 is 2.33 bits per heavy atom. The Kier molecular flexibility index (Phi) is 4.39. The molecule has 0 unspecified atom stereocenters. The molecule has 0 saturated heterocycles. The second-order valence-electron chi connectivity index (χ2n) is 1.85. The zero-order valence-corrected chi connectivity index (χ0v) is 12.3. The summed E-state index contributed by atoms with van der Waals surface area (Å²) in [7, 11) is 0. The number of fused-ring (bicyclic) bond motifs is 1. The average molecular weight is 383 g/mol. The minimum atomic E-state index is 0. The van der Waals surface area contributed by atoms with Crippen LogP contribution < -0.4 is 18.9 Å². The Bertz CT molecular complexity index is 406. The minimum absolute atomic E-state index is 0. The van der Waals surface area contributed by atoms with E-state index in [2.05, 4.69) is 53.9 Å². The van der Waals surface area contributed by atoms with Crippen LogP contribution in [0.4, 0.5) is 0 Å². The van der Waals surface area contributed by atoms with Gasteiger partial charge in [-0.05, 0) is 24.2 Å². The number of thiophene rings is 2. The fourth-order valence-electron chi connectivity index (χ4n) is 0.748. The van der Waals surface area contributed by atoms with E-state index in [1.54, 1.807) is 22.7 Å². The molecule has 0 bridgehead atoms. The summed E-state index contributed by atoms with van der Waals surface area (Å²) in [6.07, 6.45) is 0. The maximum Gasteiger partial charge on any atom is 1.00 e. The summed E-state index contributed by atoms with van der Waals surface area (Å²) in [6.45, 7) is 0. The second-order valence-corrected chi connectivity index (χ2v) is 7.32. The molecular weight excluding hydrogens is 383 g/mol. The van der Waals surface area contributed by atoms with Crippen LogP contribution in [0.1, 0.15) is 0 Å². The normalized spacial score (nSPS) is 10.2. The number of halogens is 3. The van der Waals surface area contributed by atoms with E-state index >= 15 is 0 Å². The van der Waals surface area contributed by atoms with Crippen molar-refractivity contribution in [3.05, 3.63) is 18.1 Å². The number of hydrogen-bond donors (Lipinski definition) is 0. The average Bonchev–Trinajstić information content (AvgIpc) is 2.37. The van der Waals surface area contributed by atoms with Gasteiger partial charge in [0.25, 0.3) is 0 Å². The molecule has 2 heterocycles. The Morgan fingerprint density at radius 1 is 1.08 bits per heavy atom. The Morgan fingerprint density at radius 2 is 1.75 bits per heavy atom. The van der Waals surface area contributed by atoms with Gasteiger partial charge in [0, 0.05) is 0 Å². The molecular formula is C6Br3LiS2. The van der Waals surface area contributed by atoms with E-state index in [0.717, 1.165) is 12.0 Å². The second kappa shape index (κ2) is 4.48. The topological polar surface area (TPSA) is 0 Å². The standard InChI is InChI=1S/C6Br3S2.Li/c7-3-1-2-5(11-3)4(8)6(9)10-2;/q-1;+1. The van der Waals surface area contributed by atoms with E-state index in [1.165, 1.54) is 9.40 Å². The first-order valence-electron chi connectivity index (χ1n) is 2.63. The molecule has 0 aliphatic carbocycles. The van der Waals surface area contributed by atoms with Crippen molar-refractivity contribution in [2.24, 2.45) is 0 Å². The summed E-state index contributed by atoms with van der Waals surface area (Å²) >= 11 is 13.7. The van der Waals surface area contributed by atoms with Gasteiger partial charge in [0.15, 0.2) is 0 Å². The predicted octanol–water partition coefficient (Wildman–Crippen LogP) is 2.05. The van der Waals surface area contributed by atoms with E-state index in [9.17, 15) is 0 Å². The van der Waals surface area contributed by atoms with Gasteiger partial charge in [-0.2, -0.15) is 11.3 Å². The van der Waals surface area contributed by atoms with Crippen LogP contribution in [0, 0.1) is 6.07 Å². The van der Waals surface area contributed by atoms with Gasteiger partial charge in [-0.15, -0.1) is 4.70 Å². The van der Waals surface area contributed by atoms with E-state index in [-0.39, 0.29) is 18.9 Å². The molecule has 0 aliphatic rings. The van der Waals surface area contributed by atoms with Gasteiger partial charge < -0.3 is 0 Å². The minimum Gasteiger partial charge on any atom is -0.248 e. The molecule has 0 spiro atoms. The van der Waals surface area contributed by atoms with Crippen molar-refractivity contribution >= 4 is 79.9 Å². The fourth-order valence-corrected chi connectivity index (χ4v) is 4.96. The Hall–Kier alpha value is 1.70. The molecule has 0 nitrogen and oxygen atoms in total. The smallest absolute Gasteiger partial charge is 0.248 e. The van der Waals surface area contributed by atoms with E-state index in [1.807, 2.05) is 0 Å². The van der Waals surface area contributed by atoms with Crippen molar-refractivity contribution in [2.45, 2.75) is 0 Å². The molecule has 0 aliphatic heterocycles. The summed E-state index contributed by atoms with van der Waals surface area (Å²) in [4.78, 5) is 0. The van der Waals surface area contributed by atoms with E-state index < -0.39 is 0 Å². The first-order valence-corrected chi connectivity index (χ1v) is 6.65. The number of hydrogen-bond acceptors (Lipinski definition) is 2. The third-order valence-electron chi connectivity index (χ3n) is 1.17. The molecule has 58 valence electrons. The Balaban J connectivity index is 0.000000720. The summed E-state index contributed by atoms with van der Waals surface area (Å²) in [6, 6.07) is 3.21. The van der Waals surface area contributed by atoms with Gasteiger partial charge in [-0.3, -0.25) is 0 Å². The van der Waals surface area contributed by atoms with Crippen molar-refractivity contribution < 1.29 is 18.9 Å². The molecule has 2 rings (SSSR count). The van der Waals surface area contributed by atoms with Crippen LogP contribution in [0.3, 0.4) is 0 Å². The molecule has 2 aromatic rings. The van der Waals surface area contributed by atoms with Gasteiger partial charge >= 0.3 is 18.9 Å². The molecule has 0 atom stereocenters. The molecule has 0 fully saturated rings. The fraction of sp³-hybridized carbons (Fsp3) is 0. The number of rotatable bonds is 0. The molecule has 0 N–H and O–H groups in total. The first kappa shape index (κ1) is 11.8. The maximum absolute atomic E-state index is 3.50. The monoisotopic (exact) mass is 380 g/mol. The molecule has 6 heteroatoms. The summed E-state index contributed by atoms with van der Waals surface area (Å²) in [5.41, 5.74) is 0. The van der Waals surface area contributed by atoms with Crippen LogP contribution in [0.15, 0.2) is 12.0 Å². The molecule has 0 amide bonds. The van der Waals surface area contributed by atoms with Crippen LogP contribution in [-0.2, 0) is 0 Å². The van der Waals surface area contributed by atoms with Crippen LogP contribution >= 0.6 is 70.5 Å². The molecule has 0 radical (unpaired) electrons. The van der Waals surface area contributed by atoms with Crippen molar-refractivity contribution in [1.82, 2.24) is 0 Å². The molecule has 0 saturated carbocycles. The Labute approximate surface area is 115 Å². The maximum atomic E-state index is 3.50. The van der Waals surface area contributed by atoms with Crippen molar-refractivity contribution in [2.75, 3.05) is 0 Å². The van der Waals surface area contributed by atoms with Gasteiger partial charge in [0.2, 0.25) is 0 Å². The summed E-state index contributed by atoms with van der Waals surface area (Å²) < 4.78 is 5.80. The summed E-state index contributed by atoms with van der Waals surface area (Å²) in [5.74, 6) is 0. The predicted molar refractivity (Wildman–Crippen MR) is 61.6 cm³/mol. The van der Waals surface area contributed by atoms with Crippen molar-refractivity contribution in [3.63, 3.8) is 0 Å². The molecule has 0 aromatic carbocycles. The third-order valence-corrected chi connectivity index (χ3v) is 6.51. The van der Waals surface area contributed by atoms with Crippen molar-refractivity contribution in [1.29, 1.82) is 0 Å². The van der Waals surface area contributed by atoms with Gasteiger partial charge in [0.05, 0.1) is 3.79 Å². The summed E-state index contributed by atoms with van der Waals surface area (Å²) in [5, 5.41) is 0. The third kappa shape index (κ3) is 2.03.